The monoisotopic (exact) mass is 337 g/mol. The zero-order valence-corrected chi connectivity index (χ0v) is 13.9. The molecule has 23 heavy (non-hydrogen) atoms. The van der Waals surface area contributed by atoms with Crippen molar-refractivity contribution < 1.29 is 19.1 Å². The first kappa shape index (κ1) is 17.4. The maximum Gasteiger partial charge on any atom is 0.257 e. The SMILES string of the molecule is Cc1cc(C(O)CCNC(=O)COc2ccc(Cl)cc2)c(C)o1. The van der Waals surface area contributed by atoms with Crippen molar-refractivity contribution in [1.82, 2.24) is 5.32 Å². The Hall–Kier alpha value is -1.98. The van der Waals surface area contributed by atoms with Crippen molar-refractivity contribution in [3.05, 3.63) is 52.4 Å². The van der Waals surface area contributed by atoms with E-state index in [1.165, 1.54) is 0 Å². The van der Waals surface area contributed by atoms with Crippen LogP contribution >= 0.6 is 11.6 Å². The van der Waals surface area contributed by atoms with Gasteiger partial charge in [0, 0.05) is 17.1 Å². The Morgan fingerprint density at radius 1 is 1.35 bits per heavy atom. The minimum absolute atomic E-state index is 0.0818. The number of aliphatic hydroxyl groups excluding tert-OH is 1. The van der Waals surface area contributed by atoms with Crippen molar-refractivity contribution in [1.29, 1.82) is 0 Å². The number of aliphatic hydroxyl groups is 1. The van der Waals surface area contributed by atoms with Gasteiger partial charge in [-0.15, -0.1) is 0 Å². The van der Waals surface area contributed by atoms with E-state index in [0.717, 1.165) is 11.3 Å². The molecule has 0 aliphatic carbocycles. The maximum atomic E-state index is 11.7. The van der Waals surface area contributed by atoms with Gasteiger partial charge in [0.15, 0.2) is 6.61 Å². The second-order valence-electron chi connectivity index (χ2n) is 5.27. The van der Waals surface area contributed by atoms with E-state index < -0.39 is 6.10 Å². The van der Waals surface area contributed by atoms with Gasteiger partial charge in [-0.05, 0) is 50.6 Å². The zero-order valence-electron chi connectivity index (χ0n) is 13.1. The highest BCUT2D eigenvalue weighted by Gasteiger charge is 2.14. The summed E-state index contributed by atoms with van der Waals surface area (Å²) in [4.78, 5) is 11.7. The van der Waals surface area contributed by atoms with Gasteiger partial charge in [-0.25, -0.2) is 0 Å². The molecule has 2 aromatic rings. The van der Waals surface area contributed by atoms with Crippen molar-refractivity contribution in [2.45, 2.75) is 26.4 Å². The first-order valence-electron chi connectivity index (χ1n) is 7.36. The molecule has 1 aromatic heterocycles. The number of hydrogen-bond donors (Lipinski definition) is 2. The van der Waals surface area contributed by atoms with Crippen LogP contribution in [0.4, 0.5) is 0 Å². The number of aryl methyl sites for hydroxylation is 2. The number of halogens is 1. The van der Waals surface area contributed by atoms with Crippen molar-refractivity contribution in [2.75, 3.05) is 13.2 Å². The number of furan rings is 1. The van der Waals surface area contributed by atoms with Crippen molar-refractivity contribution >= 4 is 17.5 Å². The molecule has 1 aromatic carbocycles. The number of ether oxygens (including phenoxy) is 1. The van der Waals surface area contributed by atoms with Gasteiger partial charge < -0.3 is 19.6 Å². The lowest BCUT2D eigenvalue weighted by atomic mass is 10.1. The fourth-order valence-electron chi connectivity index (χ4n) is 2.22. The summed E-state index contributed by atoms with van der Waals surface area (Å²) in [5.74, 6) is 1.80. The molecule has 1 atom stereocenters. The Morgan fingerprint density at radius 2 is 2.04 bits per heavy atom. The predicted octanol–water partition coefficient (Wildman–Crippen LogP) is 3.17. The van der Waals surface area contributed by atoms with Gasteiger partial charge in [-0.2, -0.15) is 0 Å². The first-order valence-corrected chi connectivity index (χ1v) is 7.73. The maximum absolute atomic E-state index is 11.7. The van der Waals surface area contributed by atoms with Crippen LogP contribution < -0.4 is 10.1 Å². The largest absolute Gasteiger partial charge is 0.484 e. The van der Waals surface area contributed by atoms with Crippen LogP contribution in [0.2, 0.25) is 5.02 Å². The molecule has 0 radical (unpaired) electrons. The lowest BCUT2D eigenvalue weighted by Gasteiger charge is -2.11. The van der Waals surface area contributed by atoms with Gasteiger partial charge in [0.25, 0.3) is 5.91 Å². The molecule has 0 saturated heterocycles. The first-order chi connectivity index (χ1) is 11.0. The molecule has 6 heteroatoms. The summed E-state index contributed by atoms with van der Waals surface area (Å²) in [5.41, 5.74) is 0.758. The summed E-state index contributed by atoms with van der Waals surface area (Å²) in [6, 6.07) is 8.60. The van der Waals surface area contributed by atoms with Crippen LogP contribution in [0.3, 0.4) is 0 Å². The molecule has 5 nitrogen and oxygen atoms in total. The standard InChI is InChI=1S/C17H20ClNO4/c1-11-9-15(12(2)23-11)16(20)7-8-19-17(21)10-22-14-5-3-13(18)4-6-14/h3-6,9,16,20H,7-8,10H2,1-2H3,(H,19,21). The molecule has 1 unspecified atom stereocenters. The van der Waals surface area contributed by atoms with Gasteiger partial charge in [0.2, 0.25) is 0 Å². The van der Waals surface area contributed by atoms with E-state index in [2.05, 4.69) is 5.32 Å². The summed E-state index contributed by atoms with van der Waals surface area (Å²) >= 11 is 5.77. The highest BCUT2D eigenvalue weighted by molar-refractivity contribution is 6.30. The van der Waals surface area contributed by atoms with E-state index in [0.29, 0.717) is 29.5 Å². The summed E-state index contributed by atoms with van der Waals surface area (Å²) in [7, 11) is 0. The molecule has 2 N–H and O–H groups in total. The Labute approximate surface area is 140 Å². The van der Waals surface area contributed by atoms with Crippen LogP contribution in [0.15, 0.2) is 34.7 Å². The van der Waals surface area contributed by atoms with Crippen LogP contribution in [0.25, 0.3) is 0 Å². The lowest BCUT2D eigenvalue weighted by Crippen LogP contribution is -2.30. The molecule has 1 amide bonds. The molecule has 0 aliphatic rings. The van der Waals surface area contributed by atoms with Gasteiger partial charge >= 0.3 is 0 Å². The van der Waals surface area contributed by atoms with E-state index in [-0.39, 0.29) is 12.5 Å². The summed E-state index contributed by atoms with van der Waals surface area (Å²) < 4.78 is 10.7. The van der Waals surface area contributed by atoms with Crippen LogP contribution in [0.1, 0.15) is 29.6 Å². The van der Waals surface area contributed by atoms with Crippen LogP contribution in [0, 0.1) is 13.8 Å². The zero-order chi connectivity index (χ0) is 16.8. The van der Waals surface area contributed by atoms with Gasteiger partial charge in [-0.3, -0.25) is 4.79 Å². The number of rotatable bonds is 7. The van der Waals surface area contributed by atoms with E-state index in [4.69, 9.17) is 20.8 Å². The van der Waals surface area contributed by atoms with Gasteiger partial charge in [-0.1, -0.05) is 11.6 Å². The summed E-state index contributed by atoms with van der Waals surface area (Å²) in [5, 5.41) is 13.4. The number of hydrogen-bond acceptors (Lipinski definition) is 4. The normalized spacial score (nSPS) is 12.0. The van der Waals surface area contributed by atoms with Crippen molar-refractivity contribution in [3.8, 4) is 5.75 Å². The van der Waals surface area contributed by atoms with Crippen LogP contribution in [-0.2, 0) is 4.79 Å². The number of carbonyl (C=O) groups excluding carboxylic acids is 1. The Balaban J connectivity index is 1.70. The van der Waals surface area contributed by atoms with E-state index >= 15 is 0 Å². The third-order valence-corrected chi connectivity index (χ3v) is 3.61. The van der Waals surface area contributed by atoms with Crippen LogP contribution in [0.5, 0.6) is 5.75 Å². The molecule has 0 saturated carbocycles. The average molecular weight is 338 g/mol. The van der Waals surface area contributed by atoms with E-state index in [1.54, 1.807) is 24.3 Å². The number of carbonyl (C=O) groups is 1. The fraction of sp³-hybridized carbons (Fsp3) is 0.353. The van der Waals surface area contributed by atoms with E-state index in [1.807, 2.05) is 19.9 Å². The number of nitrogens with one attached hydrogen (secondary N) is 1. The molecule has 124 valence electrons. The van der Waals surface area contributed by atoms with Crippen molar-refractivity contribution in [2.24, 2.45) is 0 Å². The molecular weight excluding hydrogens is 318 g/mol. The minimum Gasteiger partial charge on any atom is -0.484 e. The minimum atomic E-state index is -0.662. The van der Waals surface area contributed by atoms with Crippen LogP contribution in [-0.4, -0.2) is 24.2 Å². The third kappa shape index (κ3) is 5.30. The Kier molecular flexibility index (Phi) is 6.07. The highest BCUT2D eigenvalue weighted by Crippen LogP contribution is 2.23. The molecule has 2 rings (SSSR count). The Morgan fingerprint density at radius 3 is 2.65 bits per heavy atom. The third-order valence-electron chi connectivity index (χ3n) is 3.36. The second-order valence-corrected chi connectivity index (χ2v) is 5.70. The van der Waals surface area contributed by atoms with E-state index in [9.17, 15) is 9.90 Å². The molecule has 0 bridgehead atoms. The smallest absolute Gasteiger partial charge is 0.257 e. The second kappa shape index (κ2) is 8.04. The molecular formula is C17H20ClNO4. The lowest BCUT2D eigenvalue weighted by molar-refractivity contribution is -0.123. The Bertz CT molecular complexity index is 651. The predicted molar refractivity (Wildman–Crippen MR) is 87.7 cm³/mol. The number of amides is 1. The summed E-state index contributed by atoms with van der Waals surface area (Å²) in [6.07, 6.45) is -0.253. The quantitative estimate of drug-likeness (QED) is 0.814. The average Bonchev–Trinajstić information content (AvgIpc) is 2.85. The molecule has 0 spiro atoms. The topological polar surface area (TPSA) is 71.7 Å². The summed E-state index contributed by atoms with van der Waals surface area (Å²) in [6.45, 7) is 3.92. The van der Waals surface area contributed by atoms with Gasteiger partial charge in [0.05, 0.1) is 6.10 Å². The number of benzene rings is 1. The fourth-order valence-corrected chi connectivity index (χ4v) is 2.34. The molecule has 1 heterocycles. The highest BCUT2D eigenvalue weighted by atomic mass is 35.5. The van der Waals surface area contributed by atoms with Gasteiger partial charge in [0.1, 0.15) is 17.3 Å². The van der Waals surface area contributed by atoms with Crippen molar-refractivity contribution in [3.63, 3.8) is 0 Å². The molecule has 0 aliphatic heterocycles. The molecule has 0 fully saturated rings.